The summed E-state index contributed by atoms with van der Waals surface area (Å²) in [6, 6.07) is 7.91. The fraction of sp³-hybridized carbons (Fsp3) is 0.133. The zero-order valence-corrected chi connectivity index (χ0v) is 12.5. The van der Waals surface area contributed by atoms with Gasteiger partial charge in [-0.3, -0.25) is 10.1 Å². The molecule has 0 N–H and O–H groups in total. The van der Waals surface area contributed by atoms with E-state index in [-0.39, 0.29) is 5.69 Å². The van der Waals surface area contributed by atoms with Crippen LogP contribution in [0.25, 0.3) is 22.6 Å². The summed E-state index contributed by atoms with van der Waals surface area (Å²) < 4.78 is 11.0. The standard InChI is InChI=1S/C15H11ClN2O4/c1-8-5-10(18(19)20)7-12-14(8)22-15(17-12)11-6-9(16)3-4-13(11)21-2/h3-7H,1-2H3. The molecule has 1 aromatic heterocycles. The first-order valence-electron chi connectivity index (χ1n) is 6.39. The van der Waals surface area contributed by atoms with Gasteiger partial charge in [0.2, 0.25) is 5.89 Å². The smallest absolute Gasteiger partial charge is 0.272 e. The number of nitro groups is 1. The van der Waals surface area contributed by atoms with E-state index in [1.165, 1.54) is 19.2 Å². The Morgan fingerprint density at radius 3 is 2.77 bits per heavy atom. The summed E-state index contributed by atoms with van der Waals surface area (Å²) in [6.07, 6.45) is 0. The fourth-order valence-electron chi connectivity index (χ4n) is 2.25. The van der Waals surface area contributed by atoms with E-state index in [4.69, 9.17) is 20.8 Å². The van der Waals surface area contributed by atoms with Crippen LogP contribution in [0.15, 0.2) is 34.7 Å². The first kappa shape index (κ1) is 14.3. The molecule has 0 bridgehead atoms. The third-order valence-electron chi connectivity index (χ3n) is 3.26. The van der Waals surface area contributed by atoms with Crippen molar-refractivity contribution in [2.24, 2.45) is 0 Å². The van der Waals surface area contributed by atoms with Crippen LogP contribution >= 0.6 is 11.6 Å². The first-order valence-corrected chi connectivity index (χ1v) is 6.77. The number of aromatic nitrogens is 1. The van der Waals surface area contributed by atoms with Gasteiger partial charge < -0.3 is 9.15 Å². The Kier molecular flexibility index (Phi) is 3.46. The number of ether oxygens (including phenoxy) is 1. The molecule has 3 rings (SSSR count). The largest absolute Gasteiger partial charge is 0.496 e. The van der Waals surface area contributed by atoms with E-state index in [0.717, 1.165) is 0 Å². The summed E-state index contributed by atoms with van der Waals surface area (Å²) in [7, 11) is 1.53. The van der Waals surface area contributed by atoms with Crippen LogP contribution in [0.5, 0.6) is 5.75 Å². The van der Waals surface area contributed by atoms with Gasteiger partial charge in [0, 0.05) is 22.7 Å². The number of aryl methyl sites for hydroxylation is 1. The zero-order valence-electron chi connectivity index (χ0n) is 11.8. The SMILES string of the molecule is COc1ccc(Cl)cc1-c1nc2cc([N+](=O)[O-])cc(C)c2o1. The highest BCUT2D eigenvalue weighted by molar-refractivity contribution is 6.30. The van der Waals surface area contributed by atoms with Crippen molar-refractivity contribution < 1.29 is 14.1 Å². The number of benzene rings is 2. The van der Waals surface area contributed by atoms with Crippen molar-refractivity contribution in [3.8, 4) is 17.2 Å². The molecule has 0 aliphatic carbocycles. The average molecular weight is 319 g/mol. The van der Waals surface area contributed by atoms with E-state index in [2.05, 4.69) is 4.98 Å². The summed E-state index contributed by atoms with van der Waals surface area (Å²) in [5, 5.41) is 11.4. The van der Waals surface area contributed by atoms with Crippen molar-refractivity contribution in [3.05, 3.63) is 51.0 Å². The van der Waals surface area contributed by atoms with Crippen molar-refractivity contribution >= 4 is 28.4 Å². The van der Waals surface area contributed by atoms with Gasteiger partial charge in [0.15, 0.2) is 5.58 Å². The molecule has 6 nitrogen and oxygen atoms in total. The number of nitrogens with zero attached hydrogens (tertiary/aromatic N) is 2. The molecule has 7 heteroatoms. The van der Waals surface area contributed by atoms with Gasteiger partial charge in [-0.25, -0.2) is 4.98 Å². The van der Waals surface area contributed by atoms with Crippen LogP contribution in [-0.4, -0.2) is 17.0 Å². The summed E-state index contributed by atoms with van der Waals surface area (Å²) in [4.78, 5) is 14.8. The Morgan fingerprint density at radius 1 is 1.32 bits per heavy atom. The quantitative estimate of drug-likeness (QED) is 0.529. The fourth-order valence-corrected chi connectivity index (χ4v) is 2.42. The minimum Gasteiger partial charge on any atom is -0.496 e. The number of rotatable bonds is 3. The lowest BCUT2D eigenvalue weighted by atomic mass is 10.2. The molecule has 0 aliphatic rings. The molecular formula is C15H11ClN2O4. The molecule has 0 amide bonds. The zero-order chi connectivity index (χ0) is 15.9. The predicted molar refractivity (Wildman–Crippen MR) is 82.4 cm³/mol. The lowest BCUT2D eigenvalue weighted by Crippen LogP contribution is -1.89. The maximum atomic E-state index is 10.9. The minimum absolute atomic E-state index is 0.0251. The Labute approximate surface area is 130 Å². The normalized spacial score (nSPS) is 10.9. The van der Waals surface area contributed by atoms with Gasteiger partial charge in [0.1, 0.15) is 11.3 Å². The van der Waals surface area contributed by atoms with Crippen LogP contribution in [0.2, 0.25) is 5.02 Å². The molecule has 0 fully saturated rings. The third kappa shape index (κ3) is 2.37. The van der Waals surface area contributed by atoms with Crippen molar-refractivity contribution in [1.29, 1.82) is 0 Å². The maximum Gasteiger partial charge on any atom is 0.272 e. The van der Waals surface area contributed by atoms with Crippen LogP contribution in [0.3, 0.4) is 0 Å². The molecule has 0 spiro atoms. The number of methoxy groups -OCH3 is 1. The number of hydrogen-bond acceptors (Lipinski definition) is 5. The van der Waals surface area contributed by atoms with Crippen molar-refractivity contribution in [1.82, 2.24) is 4.98 Å². The molecule has 0 aliphatic heterocycles. The maximum absolute atomic E-state index is 10.9. The Balaban J connectivity index is 2.23. The van der Waals surface area contributed by atoms with Crippen LogP contribution in [-0.2, 0) is 0 Å². The molecule has 3 aromatic rings. The van der Waals surface area contributed by atoms with Gasteiger partial charge in [0.25, 0.3) is 5.69 Å². The molecule has 0 saturated heterocycles. The second kappa shape index (κ2) is 5.31. The third-order valence-corrected chi connectivity index (χ3v) is 3.50. The molecule has 0 radical (unpaired) electrons. The lowest BCUT2D eigenvalue weighted by molar-refractivity contribution is -0.384. The second-order valence-corrected chi connectivity index (χ2v) is 5.17. The summed E-state index contributed by atoms with van der Waals surface area (Å²) >= 11 is 6.01. The summed E-state index contributed by atoms with van der Waals surface area (Å²) in [5.41, 5.74) is 2.13. The Morgan fingerprint density at radius 2 is 2.09 bits per heavy atom. The highest BCUT2D eigenvalue weighted by Gasteiger charge is 2.18. The van der Waals surface area contributed by atoms with E-state index < -0.39 is 4.92 Å². The molecule has 112 valence electrons. The molecule has 0 unspecified atom stereocenters. The monoisotopic (exact) mass is 318 g/mol. The molecule has 0 saturated carbocycles. The summed E-state index contributed by atoms with van der Waals surface area (Å²) in [5.74, 6) is 0.862. The second-order valence-electron chi connectivity index (χ2n) is 4.73. The van der Waals surface area contributed by atoms with Crippen molar-refractivity contribution in [2.45, 2.75) is 6.92 Å². The Bertz CT molecular complexity index is 889. The van der Waals surface area contributed by atoms with Crippen LogP contribution in [0.4, 0.5) is 5.69 Å². The van der Waals surface area contributed by atoms with E-state index >= 15 is 0 Å². The Hall–Kier alpha value is -2.60. The van der Waals surface area contributed by atoms with Gasteiger partial charge in [-0.2, -0.15) is 0 Å². The van der Waals surface area contributed by atoms with Gasteiger partial charge in [-0.1, -0.05) is 11.6 Å². The number of non-ortho nitro benzene ring substituents is 1. The molecule has 2 aromatic carbocycles. The van der Waals surface area contributed by atoms with E-state index in [1.54, 1.807) is 25.1 Å². The van der Waals surface area contributed by atoms with E-state index in [0.29, 0.717) is 38.9 Å². The number of halogens is 1. The highest BCUT2D eigenvalue weighted by Crippen LogP contribution is 2.35. The molecule has 22 heavy (non-hydrogen) atoms. The van der Waals surface area contributed by atoms with Gasteiger partial charge in [0.05, 0.1) is 17.6 Å². The van der Waals surface area contributed by atoms with Crippen LogP contribution < -0.4 is 4.74 Å². The van der Waals surface area contributed by atoms with E-state index in [9.17, 15) is 10.1 Å². The minimum atomic E-state index is -0.458. The molecule has 1 heterocycles. The van der Waals surface area contributed by atoms with Gasteiger partial charge >= 0.3 is 0 Å². The number of hydrogen-bond donors (Lipinski definition) is 0. The number of fused-ring (bicyclic) bond motifs is 1. The topological polar surface area (TPSA) is 78.4 Å². The van der Waals surface area contributed by atoms with Crippen molar-refractivity contribution in [2.75, 3.05) is 7.11 Å². The number of nitro benzene ring substituents is 1. The highest BCUT2D eigenvalue weighted by atomic mass is 35.5. The van der Waals surface area contributed by atoms with Crippen molar-refractivity contribution in [3.63, 3.8) is 0 Å². The van der Waals surface area contributed by atoms with Gasteiger partial charge in [-0.05, 0) is 25.1 Å². The van der Waals surface area contributed by atoms with Crippen LogP contribution in [0, 0.1) is 17.0 Å². The molecule has 0 atom stereocenters. The first-order chi connectivity index (χ1) is 10.5. The average Bonchev–Trinajstić information content (AvgIpc) is 2.91. The van der Waals surface area contributed by atoms with E-state index in [1.807, 2.05) is 0 Å². The lowest BCUT2D eigenvalue weighted by Gasteiger charge is -2.05. The predicted octanol–water partition coefficient (Wildman–Crippen LogP) is 4.37. The van der Waals surface area contributed by atoms with Gasteiger partial charge in [-0.15, -0.1) is 0 Å². The van der Waals surface area contributed by atoms with Crippen LogP contribution in [0.1, 0.15) is 5.56 Å². The number of oxazole rings is 1. The molecular weight excluding hydrogens is 308 g/mol. The summed E-state index contributed by atoms with van der Waals surface area (Å²) in [6.45, 7) is 1.74.